The maximum absolute atomic E-state index is 13.2. The van der Waals surface area contributed by atoms with Crippen molar-refractivity contribution in [2.24, 2.45) is 5.41 Å². The third kappa shape index (κ3) is 6.13. The minimum Gasteiger partial charge on any atom is -0.339 e. The normalized spacial score (nSPS) is 21.2. The lowest BCUT2D eigenvalue weighted by Gasteiger charge is -2.40. The number of pyridine rings is 1. The molecule has 2 N–H and O–H groups in total. The molecule has 9 nitrogen and oxygen atoms in total. The number of hydrogen-bond donors (Lipinski definition) is 2. The van der Waals surface area contributed by atoms with Crippen LogP contribution in [0, 0.1) is 5.41 Å². The van der Waals surface area contributed by atoms with Gasteiger partial charge in [-0.2, -0.15) is 18.2 Å². The molecular weight excluding hydrogens is 547 g/mol. The molecule has 42 heavy (non-hydrogen) atoms. The average molecular weight is 582 g/mol. The van der Waals surface area contributed by atoms with Crippen molar-refractivity contribution in [1.82, 2.24) is 29.7 Å². The van der Waals surface area contributed by atoms with E-state index < -0.39 is 24.9 Å². The molecule has 0 saturated carbocycles. The van der Waals surface area contributed by atoms with E-state index in [0.29, 0.717) is 30.1 Å². The van der Waals surface area contributed by atoms with Crippen LogP contribution in [0.1, 0.15) is 54.4 Å². The number of carbonyl (C=O) groups is 2. The van der Waals surface area contributed by atoms with Gasteiger partial charge in [0.15, 0.2) is 5.65 Å². The Kier molecular flexibility index (Phi) is 7.65. The molecule has 3 aliphatic rings. The van der Waals surface area contributed by atoms with Crippen LogP contribution in [-0.4, -0.2) is 81.7 Å². The van der Waals surface area contributed by atoms with Gasteiger partial charge in [-0.3, -0.25) is 9.59 Å². The lowest BCUT2D eigenvalue weighted by molar-refractivity contribution is -0.148. The van der Waals surface area contributed by atoms with E-state index in [9.17, 15) is 22.8 Å². The molecule has 0 aliphatic carbocycles. The van der Waals surface area contributed by atoms with Gasteiger partial charge in [-0.1, -0.05) is 6.08 Å². The summed E-state index contributed by atoms with van der Waals surface area (Å²) >= 11 is 0. The van der Waals surface area contributed by atoms with Gasteiger partial charge in [0.2, 0.25) is 11.9 Å². The summed E-state index contributed by atoms with van der Waals surface area (Å²) in [6, 6.07) is 11.1. The Bertz CT molecular complexity index is 1490. The van der Waals surface area contributed by atoms with Gasteiger partial charge in [0.1, 0.15) is 0 Å². The number of piperidine rings is 1. The number of benzene rings is 1. The Morgan fingerprint density at radius 1 is 1.07 bits per heavy atom. The van der Waals surface area contributed by atoms with Crippen molar-refractivity contribution in [3.05, 3.63) is 59.8 Å². The zero-order chi connectivity index (χ0) is 29.3. The van der Waals surface area contributed by atoms with Crippen molar-refractivity contribution in [1.29, 1.82) is 0 Å². The van der Waals surface area contributed by atoms with Crippen molar-refractivity contribution >= 4 is 34.7 Å². The largest absolute Gasteiger partial charge is 0.389 e. The van der Waals surface area contributed by atoms with Crippen LogP contribution in [0.5, 0.6) is 0 Å². The fourth-order valence-electron chi connectivity index (χ4n) is 6.29. The van der Waals surface area contributed by atoms with Crippen LogP contribution in [0.15, 0.2) is 48.7 Å². The molecule has 2 fully saturated rings. The summed E-state index contributed by atoms with van der Waals surface area (Å²) in [7, 11) is 0. The van der Waals surface area contributed by atoms with E-state index in [1.165, 1.54) is 11.3 Å². The van der Waals surface area contributed by atoms with Crippen LogP contribution in [0.2, 0.25) is 0 Å². The van der Waals surface area contributed by atoms with Gasteiger partial charge in [-0.05, 0) is 74.2 Å². The van der Waals surface area contributed by atoms with Crippen molar-refractivity contribution in [2.75, 3.05) is 44.6 Å². The summed E-state index contributed by atoms with van der Waals surface area (Å²) in [6.45, 7) is 4.20. The fourth-order valence-corrected chi connectivity index (χ4v) is 6.29. The quantitative estimate of drug-likeness (QED) is 0.440. The molecule has 2 amide bonds. The molecule has 6 rings (SSSR count). The molecule has 3 aliphatic heterocycles. The summed E-state index contributed by atoms with van der Waals surface area (Å²) in [5.74, 6) is -0.0357. The average Bonchev–Trinajstić information content (AvgIpc) is 3.62. The minimum atomic E-state index is -4.34. The molecule has 0 radical (unpaired) electrons. The summed E-state index contributed by atoms with van der Waals surface area (Å²) < 4.78 is 39.2. The van der Waals surface area contributed by atoms with Crippen molar-refractivity contribution in [2.45, 2.75) is 44.7 Å². The molecule has 1 aromatic carbocycles. The van der Waals surface area contributed by atoms with Crippen LogP contribution in [0.4, 0.5) is 24.8 Å². The number of anilines is 2. The van der Waals surface area contributed by atoms with Crippen LogP contribution in [0.3, 0.4) is 0 Å². The maximum atomic E-state index is 13.2. The molecule has 5 heterocycles. The number of aromatic nitrogens is 3. The number of nitrogens with one attached hydrogen (secondary N) is 2. The summed E-state index contributed by atoms with van der Waals surface area (Å²) in [6.07, 6.45) is 1.51. The summed E-state index contributed by atoms with van der Waals surface area (Å²) in [4.78, 5) is 33.6. The monoisotopic (exact) mass is 581 g/mol. The standard InChI is InChI=1S/C30H34F3N7O2/c31-30(32,33)12-8-25(41)38-17-9-21(10-18-38)24-3-1-16-40-26(24)36-28(37-40)35-23-6-4-22(5-7-23)27(42)39-15-2-11-29(20-39)13-14-34-19-29/h1,3-7,9,16,34H,2,8,10-15,17-20H2,(H,35,37). The van der Waals surface area contributed by atoms with E-state index in [2.05, 4.69) is 20.7 Å². The minimum absolute atomic E-state index is 0.0596. The number of hydrogen-bond acceptors (Lipinski definition) is 6. The highest BCUT2D eigenvalue weighted by Gasteiger charge is 2.39. The topological polar surface area (TPSA) is 94.9 Å². The number of likely N-dealkylation sites (tertiary alicyclic amines) is 1. The second kappa shape index (κ2) is 11.4. The lowest BCUT2D eigenvalue weighted by atomic mass is 9.79. The predicted molar refractivity (Wildman–Crippen MR) is 152 cm³/mol. The molecule has 222 valence electrons. The van der Waals surface area contributed by atoms with Crippen LogP contribution >= 0.6 is 0 Å². The molecule has 1 unspecified atom stereocenters. The Balaban J connectivity index is 1.11. The maximum Gasteiger partial charge on any atom is 0.389 e. The van der Waals surface area contributed by atoms with E-state index in [-0.39, 0.29) is 17.9 Å². The first-order valence-electron chi connectivity index (χ1n) is 14.4. The van der Waals surface area contributed by atoms with Crippen LogP contribution in [-0.2, 0) is 4.79 Å². The van der Waals surface area contributed by atoms with Gasteiger partial charge in [0.25, 0.3) is 5.91 Å². The Morgan fingerprint density at radius 2 is 1.90 bits per heavy atom. The first kappa shape index (κ1) is 28.2. The molecule has 2 saturated heterocycles. The molecule has 0 bridgehead atoms. The van der Waals surface area contributed by atoms with Gasteiger partial charge >= 0.3 is 6.18 Å². The Morgan fingerprint density at radius 3 is 2.62 bits per heavy atom. The van der Waals surface area contributed by atoms with E-state index in [0.717, 1.165) is 55.8 Å². The number of amides is 2. The van der Waals surface area contributed by atoms with Crippen molar-refractivity contribution in [3.63, 3.8) is 0 Å². The van der Waals surface area contributed by atoms with Gasteiger partial charge < -0.3 is 20.4 Å². The Hall–Kier alpha value is -3.93. The third-order valence-corrected chi connectivity index (χ3v) is 8.56. The van der Waals surface area contributed by atoms with E-state index in [4.69, 9.17) is 0 Å². The predicted octanol–water partition coefficient (Wildman–Crippen LogP) is 4.65. The highest BCUT2D eigenvalue weighted by Crippen LogP contribution is 2.36. The molecule has 2 aromatic heterocycles. The van der Waals surface area contributed by atoms with Gasteiger partial charge in [-0.25, -0.2) is 4.52 Å². The zero-order valence-corrected chi connectivity index (χ0v) is 23.3. The van der Waals surface area contributed by atoms with Crippen LogP contribution in [0.25, 0.3) is 11.2 Å². The molecule has 1 atom stereocenters. The first-order valence-corrected chi connectivity index (χ1v) is 14.4. The smallest absolute Gasteiger partial charge is 0.339 e. The SMILES string of the molecule is O=C(CCC(F)(F)F)N1CC=C(c2cccn3nc(Nc4ccc(C(=O)N5CCCC6(CCNC6)C5)cc4)nc23)CC1. The number of fused-ring (bicyclic) bond motifs is 1. The summed E-state index contributed by atoms with van der Waals surface area (Å²) in [5, 5.41) is 11.2. The highest BCUT2D eigenvalue weighted by atomic mass is 19.4. The number of alkyl halides is 3. The van der Waals surface area contributed by atoms with E-state index in [1.807, 2.05) is 47.4 Å². The fraction of sp³-hybridized carbons (Fsp3) is 0.467. The summed E-state index contributed by atoms with van der Waals surface area (Å²) in [5.41, 5.74) is 4.08. The third-order valence-electron chi connectivity index (χ3n) is 8.56. The van der Waals surface area contributed by atoms with E-state index >= 15 is 0 Å². The molecule has 12 heteroatoms. The Labute approximate surface area is 241 Å². The zero-order valence-electron chi connectivity index (χ0n) is 23.3. The number of carbonyl (C=O) groups excluding carboxylic acids is 2. The van der Waals surface area contributed by atoms with Crippen molar-refractivity contribution < 1.29 is 22.8 Å². The van der Waals surface area contributed by atoms with Gasteiger partial charge in [0.05, 0.1) is 6.42 Å². The lowest BCUT2D eigenvalue weighted by Crippen LogP contribution is -2.47. The second-order valence-corrected chi connectivity index (χ2v) is 11.5. The highest BCUT2D eigenvalue weighted by molar-refractivity contribution is 5.94. The first-order chi connectivity index (χ1) is 20.2. The van der Waals surface area contributed by atoms with Crippen molar-refractivity contribution in [3.8, 4) is 0 Å². The molecular formula is C30H34F3N7O2. The van der Waals surface area contributed by atoms with Gasteiger partial charge in [-0.15, -0.1) is 5.10 Å². The number of rotatable bonds is 6. The molecule has 1 spiro atoms. The number of halogens is 3. The second-order valence-electron chi connectivity index (χ2n) is 11.5. The molecule has 3 aromatic rings. The van der Waals surface area contributed by atoms with Crippen LogP contribution < -0.4 is 10.6 Å². The van der Waals surface area contributed by atoms with Gasteiger partial charge in [0, 0.05) is 67.6 Å². The number of nitrogens with zero attached hydrogens (tertiary/aromatic N) is 5. The van der Waals surface area contributed by atoms with E-state index in [1.54, 1.807) is 10.7 Å².